The van der Waals surface area contributed by atoms with Crippen LogP contribution in [0.5, 0.6) is 0 Å². The standard InChI is InChI=1S/C20H27FN2O2/c21-16-9-7-15(8-10-16)11-12-22-19(24)17-5-1-2-6-18(17)20(25)23-13-3-4-14-23/h7-10,17-18H,1-6,11-14H2,(H,22,24)/t17-,18-/m0/s1. The van der Waals surface area contributed by atoms with Crippen LogP contribution in [-0.4, -0.2) is 36.3 Å². The number of rotatable bonds is 5. The van der Waals surface area contributed by atoms with Crippen LogP contribution in [0.4, 0.5) is 4.39 Å². The zero-order valence-corrected chi connectivity index (χ0v) is 14.7. The zero-order chi connectivity index (χ0) is 17.6. The van der Waals surface area contributed by atoms with Crippen molar-refractivity contribution in [2.45, 2.75) is 44.9 Å². The van der Waals surface area contributed by atoms with E-state index in [9.17, 15) is 14.0 Å². The van der Waals surface area contributed by atoms with Gasteiger partial charge in [0.2, 0.25) is 11.8 Å². The number of benzene rings is 1. The topological polar surface area (TPSA) is 49.4 Å². The fourth-order valence-electron chi connectivity index (χ4n) is 4.02. The number of carbonyl (C=O) groups excluding carboxylic acids is 2. The molecule has 5 heteroatoms. The molecule has 0 bridgehead atoms. The Morgan fingerprint density at radius 1 is 1.00 bits per heavy atom. The van der Waals surface area contributed by atoms with Gasteiger partial charge in [-0.15, -0.1) is 0 Å². The van der Waals surface area contributed by atoms with Gasteiger partial charge in [0, 0.05) is 31.5 Å². The lowest BCUT2D eigenvalue weighted by Crippen LogP contribution is -2.45. The van der Waals surface area contributed by atoms with E-state index >= 15 is 0 Å². The molecule has 2 aliphatic rings. The van der Waals surface area contributed by atoms with Gasteiger partial charge in [0.05, 0.1) is 0 Å². The van der Waals surface area contributed by atoms with Crippen LogP contribution in [0.3, 0.4) is 0 Å². The lowest BCUT2D eigenvalue weighted by molar-refractivity contribution is -0.142. The minimum Gasteiger partial charge on any atom is -0.356 e. The van der Waals surface area contributed by atoms with Crippen LogP contribution in [-0.2, 0) is 16.0 Å². The van der Waals surface area contributed by atoms with Crippen LogP contribution in [0.2, 0.25) is 0 Å². The highest BCUT2D eigenvalue weighted by Crippen LogP contribution is 2.32. The Kier molecular flexibility index (Phi) is 6.05. The molecule has 1 saturated carbocycles. The van der Waals surface area contributed by atoms with Crippen LogP contribution in [0, 0.1) is 17.7 Å². The molecular formula is C20H27FN2O2. The molecule has 1 aliphatic heterocycles. The number of hydrogen-bond donors (Lipinski definition) is 1. The van der Waals surface area contributed by atoms with Gasteiger partial charge < -0.3 is 10.2 Å². The first-order valence-electron chi connectivity index (χ1n) is 9.46. The maximum Gasteiger partial charge on any atom is 0.226 e. The van der Waals surface area contributed by atoms with Gasteiger partial charge in [-0.3, -0.25) is 9.59 Å². The fraction of sp³-hybridized carbons (Fsp3) is 0.600. The van der Waals surface area contributed by atoms with Crippen molar-refractivity contribution in [1.82, 2.24) is 10.2 Å². The molecule has 136 valence electrons. The molecule has 0 aromatic heterocycles. The molecule has 3 rings (SSSR count). The van der Waals surface area contributed by atoms with Crippen molar-refractivity contribution in [3.05, 3.63) is 35.6 Å². The first-order chi connectivity index (χ1) is 12.1. The van der Waals surface area contributed by atoms with Gasteiger partial charge in [-0.2, -0.15) is 0 Å². The van der Waals surface area contributed by atoms with Crippen LogP contribution in [0.25, 0.3) is 0 Å². The van der Waals surface area contributed by atoms with Gasteiger partial charge in [0.1, 0.15) is 5.82 Å². The van der Waals surface area contributed by atoms with E-state index in [1.165, 1.54) is 12.1 Å². The molecule has 1 N–H and O–H groups in total. The van der Waals surface area contributed by atoms with Gasteiger partial charge in [0.25, 0.3) is 0 Å². The summed E-state index contributed by atoms with van der Waals surface area (Å²) in [5, 5.41) is 2.99. The van der Waals surface area contributed by atoms with E-state index < -0.39 is 0 Å². The number of nitrogens with zero attached hydrogens (tertiary/aromatic N) is 1. The molecule has 25 heavy (non-hydrogen) atoms. The second-order valence-electron chi connectivity index (χ2n) is 7.20. The third-order valence-electron chi connectivity index (χ3n) is 5.46. The molecule has 1 aliphatic carbocycles. The highest BCUT2D eigenvalue weighted by molar-refractivity contribution is 5.88. The van der Waals surface area contributed by atoms with Gasteiger partial charge in [-0.05, 0) is 49.8 Å². The van der Waals surface area contributed by atoms with Crippen molar-refractivity contribution < 1.29 is 14.0 Å². The zero-order valence-electron chi connectivity index (χ0n) is 14.7. The van der Waals surface area contributed by atoms with Crippen molar-refractivity contribution >= 4 is 11.8 Å². The molecule has 4 nitrogen and oxygen atoms in total. The average molecular weight is 346 g/mol. The molecule has 2 amide bonds. The minimum absolute atomic E-state index is 0.000594. The van der Waals surface area contributed by atoms with Crippen molar-refractivity contribution in [1.29, 1.82) is 0 Å². The largest absolute Gasteiger partial charge is 0.356 e. The van der Waals surface area contributed by atoms with E-state index in [1.807, 2.05) is 4.90 Å². The van der Waals surface area contributed by atoms with E-state index in [4.69, 9.17) is 0 Å². The maximum absolute atomic E-state index is 12.9. The summed E-state index contributed by atoms with van der Waals surface area (Å²) in [4.78, 5) is 27.3. The second kappa shape index (κ2) is 8.45. The van der Waals surface area contributed by atoms with Gasteiger partial charge in [-0.1, -0.05) is 25.0 Å². The normalized spacial score (nSPS) is 23.5. The van der Waals surface area contributed by atoms with Crippen LogP contribution >= 0.6 is 0 Å². The number of likely N-dealkylation sites (tertiary alicyclic amines) is 1. The van der Waals surface area contributed by atoms with Crippen LogP contribution in [0.15, 0.2) is 24.3 Å². The third-order valence-corrected chi connectivity index (χ3v) is 5.46. The van der Waals surface area contributed by atoms with Crippen molar-refractivity contribution in [2.24, 2.45) is 11.8 Å². The average Bonchev–Trinajstić information content (AvgIpc) is 3.17. The predicted molar refractivity (Wildman–Crippen MR) is 94.4 cm³/mol. The second-order valence-corrected chi connectivity index (χ2v) is 7.20. The number of carbonyl (C=O) groups is 2. The predicted octanol–water partition coefficient (Wildman–Crippen LogP) is 2.91. The number of amides is 2. The molecule has 1 heterocycles. The van der Waals surface area contributed by atoms with E-state index in [-0.39, 0.29) is 29.5 Å². The highest BCUT2D eigenvalue weighted by atomic mass is 19.1. The number of hydrogen-bond acceptors (Lipinski definition) is 2. The van der Waals surface area contributed by atoms with Crippen LogP contribution in [0.1, 0.15) is 44.1 Å². The lowest BCUT2D eigenvalue weighted by Gasteiger charge is -2.32. The van der Waals surface area contributed by atoms with Gasteiger partial charge >= 0.3 is 0 Å². The molecule has 1 saturated heterocycles. The Morgan fingerprint density at radius 2 is 1.64 bits per heavy atom. The molecular weight excluding hydrogens is 319 g/mol. The molecule has 1 aromatic rings. The van der Waals surface area contributed by atoms with Crippen LogP contribution < -0.4 is 5.32 Å². The summed E-state index contributed by atoms with van der Waals surface area (Å²) < 4.78 is 12.9. The Morgan fingerprint density at radius 3 is 2.32 bits per heavy atom. The Bertz CT molecular complexity index is 596. The Hall–Kier alpha value is -1.91. The first-order valence-corrected chi connectivity index (χ1v) is 9.46. The van der Waals surface area contributed by atoms with E-state index in [0.29, 0.717) is 13.0 Å². The molecule has 2 atom stereocenters. The smallest absolute Gasteiger partial charge is 0.226 e. The summed E-state index contributed by atoms with van der Waals surface area (Å²) in [6, 6.07) is 6.34. The SMILES string of the molecule is O=C(NCCc1ccc(F)cc1)[C@H]1CCCC[C@@H]1C(=O)N1CCCC1. The van der Waals surface area contributed by atoms with E-state index in [1.54, 1.807) is 12.1 Å². The quantitative estimate of drug-likeness (QED) is 0.891. The Balaban J connectivity index is 1.53. The monoisotopic (exact) mass is 346 g/mol. The summed E-state index contributed by atoms with van der Waals surface area (Å²) in [5.41, 5.74) is 0.995. The first kappa shape index (κ1) is 17.9. The molecule has 0 radical (unpaired) electrons. The summed E-state index contributed by atoms with van der Waals surface area (Å²) in [6.07, 6.45) is 6.49. The molecule has 0 unspecified atom stereocenters. The Labute approximate surface area is 148 Å². The molecule has 0 spiro atoms. The van der Waals surface area contributed by atoms with E-state index in [2.05, 4.69) is 5.32 Å². The van der Waals surface area contributed by atoms with Gasteiger partial charge in [-0.25, -0.2) is 4.39 Å². The summed E-state index contributed by atoms with van der Waals surface area (Å²) in [6.45, 7) is 2.20. The third kappa shape index (κ3) is 4.59. The number of halogens is 1. The minimum atomic E-state index is -0.252. The molecule has 1 aromatic carbocycles. The number of nitrogens with one attached hydrogen (secondary N) is 1. The van der Waals surface area contributed by atoms with E-state index in [0.717, 1.165) is 57.2 Å². The van der Waals surface area contributed by atoms with Crippen molar-refractivity contribution in [3.8, 4) is 0 Å². The molecule has 2 fully saturated rings. The summed E-state index contributed by atoms with van der Waals surface area (Å²) >= 11 is 0. The summed E-state index contributed by atoms with van der Waals surface area (Å²) in [5.74, 6) is -0.429. The highest BCUT2D eigenvalue weighted by Gasteiger charge is 2.38. The van der Waals surface area contributed by atoms with Crippen molar-refractivity contribution in [3.63, 3.8) is 0 Å². The lowest BCUT2D eigenvalue weighted by atomic mass is 9.78. The maximum atomic E-state index is 12.9. The fourth-order valence-corrected chi connectivity index (χ4v) is 4.02. The van der Waals surface area contributed by atoms with Gasteiger partial charge in [0.15, 0.2) is 0 Å². The summed E-state index contributed by atoms with van der Waals surface area (Å²) in [7, 11) is 0. The van der Waals surface area contributed by atoms with Crippen molar-refractivity contribution in [2.75, 3.05) is 19.6 Å².